The largest absolute Gasteiger partial charge is 0.314 e. The number of hydrogen-bond donors (Lipinski definition) is 1. The zero-order valence-corrected chi connectivity index (χ0v) is 11.8. The van der Waals surface area contributed by atoms with Crippen LogP contribution in [0, 0.1) is 5.92 Å². The summed E-state index contributed by atoms with van der Waals surface area (Å²) in [6.07, 6.45) is 5.36. The van der Waals surface area contributed by atoms with Crippen LogP contribution >= 0.6 is 11.8 Å². The molecule has 0 radical (unpaired) electrons. The van der Waals surface area contributed by atoms with Gasteiger partial charge in [0, 0.05) is 6.04 Å². The molecule has 0 aliphatic carbocycles. The van der Waals surface area contributed by atoms with E-state index >= 15 is 0 Å². The summed E-state index contributed by atoms with van der Waals surface area (Å²) in [6, 6.07) is 0.693. The molecule has 0 bridgehead atoms. The molecule has 2 unspecified atom stereocenters. The van der Waals surface area contributed by atoms with Crippen LogP contribution in [-0.4, -0.2) is 24.1 Å². The fourth-order valence-corrected chi connectivity index (χ4v) is 2.53. The van der Waals surface area contributed by atoms with E-state index in [0.717, 1.165) is 5.92 Å². The SMILES string of the molecule is CCCNC(C)CC(C)CCCSCC. The number of hydrogen-bond acceptors (Lipinski definition) is 2. The molecule has 0 aliphatic rings. The first-order valence-electron chi connectivity index (χ1n) is 6.51. The lowest BCUT2D eigenvalue weighted by Gasteiger charge is -2.18. The summed E-state index contributed by atoms with van der Waals surface area (Å²) in [5.74, 6) is 3.49. The van der Waals surface area contributed by atoms with E-state index in [1.807, 2.05) is 0 Å². The molecule has 0 saturated heterocycles. The smallest absolute Gasteiger partial charge is 0.00412 e. The average molecular weight is 231 g/mol. The first-order chi connectivity index (χ1) is 7.20. The molecule has 92 valence electrons. The summed E-state index contributed by atoms with van der Waals surface area (Å²) in [7, 11) is 0. The lowest BCUT2D eigenvalue weighted by atomic mass is 9.98. The molecule has 0 amide bonds. The van der Waals surface area contributed by atoms with Crippen molar-refractivity contribution in [3.8, 4) is 0 Å². The number of thioether (sulfide) groups is 1. The van der Waals surface area contributed by atoms with Gasteiger partial charge >= 0.3 is 0 Å². The van der Waals surface area contributed by atoms with Crippen molar-refractivity contribution in [3.63, 3.8) is 0 Å². The highest BCUT2D eigenvalue weighted by Gasteiger charge is 2.07. The van der Waals surface area contributed by atoms with Crippen LogP contribution in [0.5, 0.6) is 0 Å². The van der Waals surface area contributed by atoms with Crippen molar-refractivity contribution < 1.29 is 0 Å². The van der Waals surface area contributed by atoms with Gasteiger partial charge in [-0.25, -0.2) is 0 Å². The third-order valence-corrected chi connectivity index (χ3v) is 3.67. The molecule has 0 heterocycles. The molecule has 2 atom stereocenters. The van der Waals surface area contributed by atoms with Crippen LogP contribution < -0.4 is 5.32 Å². The second-order valence-electron chi connectivity index (χ2n) is 4.54. The fraction of sp³-hybridized carbons (Fsp3) is 1.00. The summed E-state index contributed by atoms with van der Waals surface area (Å²) in [6.45, 7) is 10.3. The van der Waals surface area contributed by atoms with E-state index < -0.39 is 0 Å². The highest BCUT2D eigenvalue weighted by molar-refractivity contribution is 7.99. The minimum absolute atomic E-state index is 0.693. The van der Waals surface area contributed by atoms with E-state index in [4.69, 9.17) is 0 Å². The van der Waals surface area contributed by atoms with Crippen molar-refractivity contribution in [3.05, 3.63) is 0 Å². The van der Waals surface area contributed by atoms with Gasteiger partial charge in [0.1, 0.15) is 0 Å². The summed E-state index contributed by atoms with van der Waals surface area (Å²) in [5.41, 5.74) is 0. The van der Waals surface area contributed by atoms with Crippen LogP contribution in [0.2, 0.25) is 0 Å². The number of rotatable bonds is 10. The monoisotopic (exact) mass is 231 g/mol. The van der Waals surface area contributed by atoms with Crippen molar-refractivity contribution in [2.45, 2.75) is 59.4 Å². The maximum Gasteiger partial charge on any atom is 0.00412 e. The third-order valence-electron chi connectivity index (χ3n) is 2.69. The zero-order chi connectivity index (χ0) is 11.5. The Hall–Kier alpha value is 0.310. The average Bonchev–Trinajstić information content (AvgIpc) is 2.21. The molecule has 1 N–H and O–H groups in total. The van der Waals surface area contributed by atoms with Crippen molar-refractivity contribution >= 4 is 11.8 Å². The van der Waals surface area contributed by atoms with Gasteiger partial charge in [-0.3, -0.25) is 0 Å². The molecular formula is C13H29NS. The Balaban J connectivity index is 3.33. The van der Waals surface area contributed by atoms with Gasteiger partial charge in [0.15, 0.2) is 0 Å². The first kappa shape index (κ1) is 15.3. The van der Waals surface area contributed by atoms with Crippen molar-refractivity contribution in [1.82, 2.24) is 5.32 Å². The van der Waals surface area contributed by atoms with E-state index in [1.54, 1.807) is 0 Å². The maximum atomic E-state index is 3.56. The maximum absolute atomic E-state index is 3.56. The molecule has 0 aromatic carbocycles. The van der Waals surface area contributed by atoms with E-state index in [9.17, 15) is 0 Å². The molecule has 0 aromatic rings. The predicted octanol–water partition coefficient (Wildman–Crippen LogP) is 3.93. The minimum Gasteiger partial charge on any atom is -0.314 e. The second kappa shape index (κ2) is 10.8. The lowest BCUT2D eigenvalue weighted by molar-refractivity contribution is 0.401. The van der Waals surface area contributed by atoms with E-state index in [-0.39, 0.29) is 0 Å². The van der Waals surface area contributed by atoms with Crippen LogP contribution in [-0.2, 0) is 0 Å². The minimum atomic E-state index is 0.693. The first-order valence-corrected chi connectivity index (χ1v) is 7.67. The van der Waals surface area contributed by atoms with Crippen LogP contribution in [0.15, 0.2) is 0 Å². The summed E-state index contributed by atoms with van der Waals surface area (Å²) in [4.78, 5) is 0. The Labute approximate surface area is 101 Å². The fourth-order valence-electron chi connectivity index (χ4n) is 1.87. The van der Waals surface area contributed by atoms with Gasteiger partial charge in [-0.2, -0.15) is 11.8 Å². The number of nitrogens with one attached hydrogen (secondary N) is 1. The standard InChI is InChI=1S/C13H29NS/c1-5-9-14-13(4)11-12(3)8-7-10-15-6-2/h12-14H,5-11H2,1-4H3. The molecule has 0 aliphatic heterocycles. The molecule has 0 aromatic heterocycles. The quantitative estimate of drug-likeness (QED) is 0.572. The topological polar surface area (TPSA) is 12.0 Å². The van der Waals surface area contributed by atoms with E-state index in [0.29, 0.717) is 6.04 Å². The molecule has 1 nitrogen and oxygen atoms in total. The van der Waals surface area contributed by atoms with Crippen molar-refractivity contribution in [2.24, 2.45) is 5.92 Å². The van der Waals surface area contributed by atoms with Gasteiger partial charge in [-0.15, -0.1) is 0 Å². The van der Waals surface area contributed by atoms with Crippen LogP contribution in [0.1, 0.15) is 53.4 Å². The molecule has 0 fully saturated rings. The van der Waals surface area contributed by atoms with Crippen molar-refractivity contribution in [1.29, 1.82) is 0 Å². The van der Waals surface area contributed by atoms with E-state index in [1.165, 1.54) is 43.7 Å². The Morgan fingerprint density at radius 1 is 1.20 bits per heavy atom. The Morgan fingerprint density at radius 2 is 1.93 bits per heavy atom. The van der Waals surface area contributed by atoms with Crippen LogP contribution in [0.4, 0.5) is 0 Å². The predicted molar refractivity (Wildman–Crippen MR) is 73.8 cm³/mol. The summed E-state index contributed by atoms with van der Waals surface area (Å²) >= 11 is 2.07. The van der Waals surface area contributed by atoms with Gasteiger partial charge in [0.25, 0.3) is 0 Å². The molecule has 0 saturated carbocycles. The molecule has 15 heavy (non-hydrogen) atoms. The van der Waals surface area contributed by atoms with Gasteiger partial charge in [0.05, 0.1) is 0 Å². The molecular weight excluding hydrogens is 202 g/mol. The van der Waals surface area contributed by atoms with E-state index in [2.05, 4.69) is 44.8 Å². The summed E-state index contributed by atoms with van der Waals surface area (Å²) < 4.78 is 0. The molecule has 0 rings (SSSR count). The zero-order valence-electron chi connectivity index (χ0n) is 11.0. The highest BCUT2D eigenvalue weighted by Crippen LogP contribution is 2.15. The highest BCUT2D eigenvalue weighted by atomic mass is 32.2. The molecule has 2 heteroatoms. The van der Waals surface area contributed by atoms with Gasteiger partial charge in [0.2, 0.25) is 0 Å². The van der Waals surface area contributed by atoms with Gasteiger partial charge < -0.3 is 5.32 Å². The Morgan fingerprint density at radius 3 is 2.53 bits per heavy atom. The Bertz CT molecular complexity index is 128. The summed E-state index contributed by atoms with van der Waals surface area (Å²) in [5, 5.41) is 3.56. The molecule has 0 spiro atoms. The third kappa shape index (κ3) is 10.6. The second-order valence-corrected chi connectivity index (χ2v) is 5.93. The van der Waals surface area contributed by atoms with Crippen LogP contribution in [0.25, 0.3) is 0 Å². The Kier molecular flexibility index (Phi) is 11.0. The van der Waals surface area contributed by atoms with Crippen molar-refractivity contribution in [2.75, 3.05) is 18.1 Å². The normalized spacial score (nSPS) is 15.2. The van der Waals surface area contributed by atoms with Crippen LogP contribution in [0.3, 0.4) is 0 Å². The van der Waals surface area contributed by atoms with Gasteiger partial charge in [-0.1, -0.05) is 20.8 Å². The van der Waals surface area contributed by atoms with Gasteiger partial charge in [-0.05, 0) is 56.6 Å². The lowest BCUT2D eigenvalue weighted by Crippen LogP contribution is -2.28.